The van der Waals surface area contributed by atoms with Crippen molar-refractivity contribution in [1.82, 2.24) is 19.6 Å². The number of aromatic nitrogens is 4. The van der Waals surface area contributed by atoms with Gasteiger partial charge < -0.3 is 15.3 Å². The molecule has 3 aromatic rings. The standard InChI is InChI=1S/C16H15N7O2S/c1-16(13(24)25)5-3-6-22(16)14-19-12(11-4-2-7-23(11)21-14)20-15-18-9-10(8-17)26-15/h2,4,7,9H,3,5-6H2,1H3,(H,24,25)(H,18,19,20,21)/t16-/m0/s1. The maximum Gasteiger partial charge on any atom is 0.329 e. The van der Waals surface area contributed by atoms with E-state index in [0.717, 1.165) is 11.9 Å². The Morgan fingerprint density at radius 1 is 1.54 bits per heavy atom. The molecule has 3 aromatic heterocycles. The fourth-order valence-electron chi connectivity index (χ4n) is 3.12. The minimum Gasteiger partial charge on any atom is -0.480 e. The molecule has 1 aliphatic heterocycles. The van der Waals surface area contributed by atoms with Crippen LogP contribution >= 0.6 is 11.3 Å². The van der Waals surface area contributed by atoms with Crippen LogP contribution in [0.1, 0.15) is 24.6 Å². The SMILES string of the molecule is C[C@@]1(C(=O)O)CCCN1c1nc(Nc2ncc(C#N)s2)c2cccn2n1. The quantitative estimate of drug-likeness (QED) is 0.718. The lowest BCUT2D eigenvalue weighted by Crippen LogP contribution is -2.49. The Morgan fingerprint density at radius 3 is 3.12 bits per heavy atom. The number of hydrogen-bond donors (Lipinski definition) is 2. The van der Waals surface area contributed by atoms with Gasteiger partial charge in [0, 0.05) is 12.7 Å². The number of carboxylic acids is 1. The van der Waals surface area contributed by atoms with Crippen molar-refractivity contribution in [3.63, 3.8) is 0 Å². The highest BCUT2D eigenvalue weighted by atomic mass is 32.1. The Balaban J connectivity index is 1.78. The van der Waals surface area contributed by atoms with Gasteiger partial charge >= 0.3 is 5.97 Å². The number of carbonyl (C=O) groups is 1. The van der Waals surface area contributed by atoms with Crippen LogP contribution in [-0.2, 0) is 4.79 Å². The maximum atomic E-state index is 11.8. The number of nitriles is 1. The lowest BCUT2D eigenvalue weighted by molar-refractivity contribution is -0.142. The second-order valence-electron chi connectivity index (χ2n) is 6.20. The predicted molar refractivity (Wildman–Crippen MR) is 95.7 cm³/mol. The molecule has 9 nitrogen and oxygen atoms in total. The van der Waals surface area contributed by atoms with Crippen LogP contribution in [0.25, 0.3) is 5.52 Å². The molecule has 132 valence electrons. The fraction of sp³-hybridized carbons (Fsp3) is 0.312. The number of carboxylic acid groups (broad SMARTS) is 1. The third kappa shape index (κ3) is 2.53. The first-order chi connectivity index (χ1) is 12.5. The molecule has 4 heterocycles. The molecular formula is C16H15N7O2S. The Bertz CT molecular complexity index is 1040. The first-order valence-electron chi connectivity index (χ1n) is 8.01. The molecule has 0 aromatic carbocycles. The van der Waals surface area contributed by atoms with Gasteiger partial charge in [-0.25, -0.2) is 14.3 Å². The summed E-state index contributed by atoms with van der Waals surface area (Å²) >= 11 is 1.22. The molecule has 26 heavy (non-hydrogen) atoms. The van der Waals surface area contributed by atoms with E-state index >= 15 is 0 Å². The van der Waals surface area contributed by atoms with Crippen molar-refractivity contribution < 1.29 is 9.90 Å². The summed E-state index contributed by atoms with van der Waals surface area (Å²) in [5.74, 6) is -0.0339. The molecule has 1 aliphatic rings. The third-order valence-electron chi connectivity index (χ3n) is 4.56. The van der Waals surface area contributed by atoms with E-state index in [4.69, 9.17) is 5.26 Å². The molecule has 2 N–H and O–H groups in total. The van der Waals surface area contributed by atoms with Gasteiger partial charge in [-0.05, 0) is 31.9 Å². The lowest BCUT2D eigenvalue weighted by Gasteiger charge is -2.31. The van der Waals surface area contributed by atoms with Gasteiger partial charge in [0.1, 0.15) is 22.0 Å². The monoisotopic (exact) mass is 369 g/mol. The summed E-state index contributed by atoms with van der Waals surface area (Å²) in [7, 11) is 0. The Kier molecular flexibility index (Phi) is 3.73. The van der Waals surface area contributed by atoms with Gasteiger partial charge in [0.15, 0.2) is 10.9 Å². The molecule has 1 saturated heterocycles. The van der Waals surface area contributed by atoms with Crippen LogP contribution < -0.4 is 10.2 Å². The molecule has 4 rings (SSSR count). The van der Waals surface area contributed by atoms with Crippen LogP contribution in [0.2, 0.25) is 0 Å². The topological polar surface area (TPSA) is 119 Å². The number of thiazole rings is 1. The van der Waals surface area contributed by atoms with Crippen molar-refractivity contribution in [3.8, 4) is 6.07 Å². The average Bonchev–Trinajstić information content (AvgIpc) is 3.34. The van der Waals surface area contributed by atoms with Gasteiger partial charge in [0.2, 0.25) is 5.95 Å². The van der Waals surface area contributed by atoms with Crippen LogP contribution in [0.4, 0.5) is 16.9 Å². The van der Waals surface area contributed by atoms with E-state index < -0.39 is 11.5 Å². The van der Waals surface area contributed by atoms with Crippen LogP contribution in [0, 0.1) is 11.3 Å². The third-order valence-corrected chi connectivity index (χ3v) is 5.38. The van der Waals surface area contributed by atoms with Crippen molar-refractivity contribution in [2.75, 3.05) is 16.8 Å². The van der Waals surface area contributed by atoms with E-state index in [-0.39, 0.29) is 0 Å². The van der Waals surface area contributed by atoms with E-state index in [2.05, 4.69) is 20.4 Å². The van der Waals surface area contributed by atoms with Crippen molar-refractivity contribution >= 4 is 39.7 Å². The van der Waals surface area contributed by atoms with Crippen molar-refractivity contribution in [2.24, 2.45) is 0 Å². The molecule has 0 saturated carbocycles. The number of anilines is 3. The van der Waals surface area contributed by atoms with E-state index in [0.29, 0.717) is 34.7 Å². The number of nitrogens with one attached hydrogen (secondary N) is 1. The van der Waals surface area contributed by atoms with Gasteiger partial charge in [0.05, 0.1) is 6.20 Å². The van der Waals surface area contributed by atoms with Crippen LogP contribution in [0.5, 0.6) is 0 Å². The molecule has 0 unspecified atom stereocenters. The highest BCUT2D eigenvalue weighted by molar-refractivity contribution is 7.16. The smallest absolute Gasteiger partial charge is 0.329 e. The average molecular weight is 369 g/mol. The molecule has 10 heteroatoms. The number of hydrogen-bond acceptors (Lipinski definition) is 8. The van der Waals surface area contributed by atoms with Gasteiger partial charge in [-0.15, -0.1) is 5.10 Å². The summed E-state index contributed by atoms with van der Waals surface area (Å²) in [6.45, 7) is 2.27. The Morgan fingerprint density at radius 2 is 2.38 bits per heavy atom. The second kappa shape index (κ2) is 5.96. The normalized spacial score (nSPS) is 19.6. The number of fused-ring (bicyclic) bond motifs is 1. The molecule has 0 radical (unpaired) electrons. The molecular weight excluding hydrogens is 354 g/mol. The molecule has 0 spiro atoms. The maximum absolute atomic E-state index is 11.8. The van der Waals surface area contributed by atoms with E-state index in [1.165, 1.54) is 17.5 Å². The minimum atomic E-state index is -1.03. The Labute approximate surface area is 152 Å². The zero-order chi connectivity index (χ0) is 18.3. The Hall–Kier alpha value is -3.19. The van der Waals surface area contributed by atoms with E-state index in [9.17, 15) is 9.90 Å². The molecule has 0 aliphatic carbocycles. The summed E-state index contributed by atoms with van der Waals surface area (Å²) in [5.41, 5.74) is -0.300. The molecule has 1 fully saturated rings. The van der Waals surface area contributed by atoms with Crippen LogP contribution in [0.3, 0.4) is 0 Å². The van der Waals surface area contributed by atoms with Crippen molar-refractivity contribution in [2.45, 2.75) is 25.3 Å². The molecule has 0 bridgehead atoms. The summed E-state index contributed by atoms with van der Waals surface area (Å²) in [6, 6.07) is 5.74. The molecule has 0 amide bonds. The van der Waals surface area contributed by atoms with Crippen LogP contribution in [-0.4, -0.2) is 42.7 Å². The first kappa shape index (κ1) is 16.3. The van der Waals surface area contributed by atoms with Crippen molar-refractivity contribution in [1.29, 1.82) is 5.26 Å². The number of nitrogens with zero attached hydrogens (tertiary/aromatic N) is 6. The minimum absolute atomic E-state index is 0.343. The van der Waals surface area contributed by atoms with E-state index in [1.54, 1.807) is 22.5 Å². The molecule has 1 atom stereocenters. The zero-order valence-corrected chi connectivity index (χ0v) is 14.7. The summed E-state index contributed by atoms with van der Waals surface area (Å²) in [5, 5.41) is 26.7. The van der Waals surface area contributed by atoms with Gasteiger partial charge in [-0.1, -0.05) is 11.3 Å². The largest absolute Gasteiger partial charge is 0.480 e. The van der Waals surface area contributed by atoms with E-state index in [1.807, 2.05) is 18.2 Å². The second-order valence-corrected chi connectivity index (χ2v) is 7.23. The van der Waals surface area contributed by atoms with Crippen molar-refractivity contribution in [3.05, 3.63) is 29.4 Å². The first-order valence-corrected chi connectivity index (χ1v) is 8.82. The highest BCUT2D eigenvalue weighted by Crippen LogP contribution is 2.34. The fourth-order valence-corrected chi connectivity index (χ4v) is 3.73. The highest BCUT2D eigenvalue weighted by Gasteiger charge is 2.45. The lowest BCUT2D eigenvalue weighted by atomic mass is 10.00. The van der Waals surface area contributed by atoms with Gasteiger partial charge in [-0.2, -0.15) is 10.2 Å². The summed E-state index contributed by atoms with van der Waals surface area (Å²) in [4.78, 5) is 22.7. The number of rotatable bonds is 4. The summed E-state index contributed by atoms with van der Waals surface area (Å²) < 4.78 is 1.66. The van der Waals surface area contributed by atoms with Crippen LogP contribution in [0.15, 0.2) is 24.5 Å². The zero-order valence-electron chi connectivity index (χ0n) is 13.9. The number of aliphatic carboxylic acids is 1. The predicted octanol–water partition coefficient (Wildman–Crippen LogP) is 2.24. The van der Waals surface area contributed by atoms with Gasteiger partial charge in [-0.3, -0.25) is 0 Å². The van der Waals surface area contributed by atoms with Gasteiger partial charge in [0.25, 0.3) is 0 Å². The summed E-state index contributed by atoms with van der Waals surface area (Å²) in [6.07, 6.45) is 4.57.